The molecule has 112 valence electrons. The number of carbonyl (C=O) groups is 2. The molecule has 1 amide bonds. The minimum atomic E-state index is -0.995. The quantitative estimate of drug-likeness (QED) is 0.724. The molecule has 1 unspecified atom stereocenters. The molecule has 0 fully saturated rings. The Balaban J connectivity index is 2.33. The number of hydrogen-bond acceptors (Lipinski definition) is 5. The number of nitrogens with one attached hydrogen (secondary N) is 1. The third kappa shape index (κ3) is 6.40. The Kier molecular flexibility index (Phi) is 6.71. The predicted molar refractivity (Wildman–Crippen MR) is 72.7 cm³/mol. The number of ether oxygens (including phenoxy) is 2. The number of rotatable bonds is 8. The first-order valence-electron chi connectivity index (χ1n) is 6.19. The zero-order chi connectivity index (χ0) is 15.7. The van der Waals surface area contributed by atoms with Crippen LogP contribution in [0.15, 0.2) is 24.3 Å². The van der Waals surface area contributed by atoms with E-state index in [9.17, 15) is 9.59 Å². The second-order valence-electron chi connectivity index (χ2n) is 4.18. The van der Waals surface area contributed by atoms with E-state index >= 15 is 0 Å². The molecule has 21 heavy (non-hydrogen) atoms. The van der Waals surface area contributed by atoms with Gasteiger partial charge in [-0.2, -0.15) is 5.26 Å². The second kappa shape index (κ2) is 8.55. The van der Waals surface area contributed by atoms with Crippen LogP contribution in [0.25, 0.3) is 0 Å². The molecule has 7 heteroatoms. The zero-order valence-corrected chi connectivity index (χ0v) is 11.5. The fourth-order valence-corrected chi connectivity index (χ4v) is 1.49. The van der Waals surface area contributed by atoms with Gasteiger partial charge in [0.2, 0.25) is 0 Å². The van der Waals surface area contributed by atoms with Crippen molar-refractivity contribution in [2.45, 2.75) is 12.5 Å². The van der Waals surface area contributed by atoms with Crippen molar-refractivity contribution in [2.75, 3.05) is 20.3 Å². The van der Waals surface area contributed by atoms with Crippen molar-refractivity contribution in [3.05, 3.63) is 29.8 Å². The number of aliphatic carboxylic acids is 1. The van der Waals surface area contributed by atoms with Crippen LogP contribution in [-0.4, -0.2) is 43.3 Å². The van der Waals surface area contributed by atoms with E-state index in [4.69, 9.17) is 19.8 Å². The van der Waals surface area contributed by atoms with Gasteiger partial charge in [0.05, 0.1) is 24.2 Å². The van der Waals surface area contributed by atoms with Gasteiger partial charge in [0.1, 0.15) is 5.75 Å². The van der Waals surface area contributed by atoms with Crippen LogP contribution in [0.5, 0.6) is 5.75 Å². The molecule has 0 saturated heterocycles. The first-order valence-corrected chi connectivity index (χ1v) is 6.19. The number of carbonyl (C=O) groups excluding carboxylic acids is 1. The second-order valence-corrected chi connectivity index (χ2v) is 4.18. The summed E-state index contributed by atoms with van der Waals surface area (Å²) >= 11 is 0. The largest absolute Gasteiger partial charge is 0.484 e. The maximum Gasteiger partial charge on any atom is 0.306 e. The lowest BCUT2D eigenvalue weighted by atomic mass is 10.2. The van der Waals surface area contributed by atoms with E-state index in [1.54, 1.807) is 24.3 Å². The van der Waals surface area contributed by atoms with E-state index in [1.165, 1.54) is 7.11 Å². The van der Waals surface area contributed by atoms with Crippen LogP contribution >= 0.6 is 0 Å². The summed E-state index contributed by atoms with van der Waals surface area (Å²) < 4.78 is 10.2. The molecule has 0 bridgehead atoms. The number of nitriles is 1. The van der Waals surface area contributed by atoms with Crippen LogP contribution in [0.4, 0.5) is 0 Å². The Morgan fingerprint density at radius 3 is 2.57 bits per heavy atom. The minimum Gasteiger partial charge on any atom is -0.484 e. The van der Waals surface area contributed by atoms with Crippen molar-refractivity contribution in [2.24, 2.45) is 0 Å². The molecule has 0 aromatic heterocycles. The number of nitrogens with zero attached hydrogens (tertiary/aromatic N) is 1. The molecule has 1 aromatic carbocycles. The lowest BCUT2D eigenvalue weighted by molar-refractivity contribution is -0.140. The number of methoxy groups -OCH3 is 1. The topological polar surface area (TPSA) is 109 Å². The number of carboxylic acid groups (broad SMARTS) is 1. The van der Waals surface area contributed by atoms with Crippen LogP contribution in [-0.2, 0) is 14.3 Å². The molecule has 0 spiro atoms. The van der Waals surface area contributed by atoms with Crippen LogP contribution < -0.4 is 10.1 Å². The molecule has 0 radical (unpaired) electrons. The summed E-state index contributed by atoms with van der Waals surface area (Å²) in [5, 5.41) is 19.8. The van der Waals surface area contributed by atoms with Gasteiger partial charge in [-0.05, 0) is 24.3 Å². The number of hydrogen-bond donors (Lipinski definition) is 2. The summed E-state index contributed by atoms with van der Waals surface area (Å²) in [6.07, 6.45) is -0.769. The van der Waals surface area contributed by atoms with Crippen LogP contribution in [0.2, 0.25) is 0 Å². The highest BCUT2D eigenvalue weighted by molar-refractivity contribution is 5.77. The Morgan fingerprint density at radius 2 is 2.05 bits per heavy atom. The predicted octanol–water partition coefficient (Wildman–Crippen LogP) is 0.543. The van der Waals surface area contributed by atoms with Gasteiger partial charge in [0.25, 0.3) is 5.91 Å². The van der Waals surface area contributed by atoms with Crippen LogP contribution in [0, 0.1) is 11.3 Å². The summed E-state index contributed by atoms with van der Waals surface area (Å²) in [6, 6.07) is 8.33. The van der Waals surface area contributed by atoms with Gasteiger partial charge in [-0.25, -0.2) is 0 Å². The summed E-state index contributed by atoms with van der Waals surface area (Å²) in [7, 11) is 1.38. The van der Waals surface area contributed by atoms with E-state index in [1.807, 2.05) is 6.07 Å². The Bertz CT molecular complexity index is 521. The highest BCUT2D eigenvalue weighted by atomic mass is 16.5. The van der Waals surface area contributed by atoms with Crippen LogP contribution in [0.1, 0.15) is 12.0 Å². The van der Waals surface area contributed by atoms with Gasteiger partial charge in [-0.3, -0.25) is 9.59 Å². The summed E-state index contributed by atoms with van der Waals surface area (Å²) in [4.78, 5) is 22.1. The van der Waals surface area contributed by atoms with Gasteiger partial charge < -0.3 is 19.9 Å². The third-order valence-corrected chi connectivity index (χ3v) is 2.62. The summed E-state index contributed by atoms with van der Waals surface area (Å²) in [6.45, 7) is -0.103. The van der Waals surface area contributed by atoms with Crippen molar-refractivity contribution in [3.63, 3.8) is 0 Å². The average Bonchev–Trinajstić information content (AvgIpc) is 2.49. The van der Waals surface area contributed by atoms with Crippen molar-refractivity contribution in [1.82, 2.24) is 5.32 Å². The highest BCUT2D eigenvalue weighted by Gasteiger charge is 2.13. The first kappa shape index (κ1) is 16.5. The van der Waals surface area contributed by atoms with Gasteiger partial charge >= 0.3 is 5.97 Å². The molecular formula is C14H16N2O5. The Labute approximate surface area is 122 Å². The number of benzene rings is 1. The molecule has 0 aliphatic heterocycles. The highest BCUT2D eigenvalue weighted by Crippen LogP contribution is 2.11. The first-order chi connectivity index (χ1) is 10.0. The molecule has 1 atom stereocenters. The van der Waals surface area contributed by atoms with Gasteiger partial charge in [0.15, 0.2) is 6.61 Å². The maximum absolute atomic E-state index is 11.6. The Morgan fingerprint density at radius 1 is 1.38 bits per heavy atom. The normalized spacial score (nSPS) is 11.2. The van der Waals surface area contributed by atoms with E-state index in [0.717, 1.165) is 0 Å². The molecule has 0 aliphatic carbocycles. The molecule has 7 nitrogen and oxygen atoms in total. The maximum atomic E-state index is 11.6. The smallest absolute Gasteiger partial charge is 0.306 e. The summed E-state index contributed by atoms with van der Waals surface area (Å²) in [5.41, 5.74) is 0.503. The van der Waals surface area contributed by atoms with Crippen molar-refractivity contribution < 1.29 is 24.2 Å². The van der Waals surface area contributed by atoms with Crippen molar-refractivity contribution in [3.8, 4) is 11.8 Å². The van der Waals surface area contributed by atoms with Gasteiger partial charge in [0, 0.05) is 13.7 Å². The summed E-state index contributed by atoms with van der Waals surface area (Å²) in [5.74, 6) is -0.908. The standard InChI is InChI=1S/C14H16N2O5/c1-20-12(6-14(18)19)8-16-13(17)9-21-11-4-2-10(7-15)3-5-11/h2-5,12H,6,8-9H2,1H3,(H,16,17)(H,18,19). The SMILES string of the molecule is COC(CNC(=O)COc1ccc(C#N)cc1)CC(=O)O. The average molecular weight is 292 g/mol. The fourth-order valence-electron chi connectivity index (χ4n) is 1.49. The van der Waals surface area contributed by atoms with E-state index in [-0.39, 0.29) is 25.5 Å². The number of carboxylic acids is 1. The van der Waals surface area contributed by atoms with Crippen LogP contribution in [0.3, 0.4) is 0 Å². The molecule has 1 rings (SSSR count). The molecule has 0 heterocycles. The molecule has 2 N–H and O–H groups in total. The third-order valence-electron chi connectivity index (χ3n) is 2.62. The van der Waals surface area contributed by atoms with Crippen molar-refractivity contribution in [1.29, 1.82) is 5.26 Å². The van der Waals surface area contributed by atoms with E-state index in [0.29, 0.717) is 11.3 Å². The molecule has 0 saturated carbocycles. The fraction of sp³-hybridized carbons (Fsp3) is 0.357. The molecule has 1 aromatic rings. The number of amides is 1. The monoisotopic (exact) mass is 292 g/mol. The Hall–Kier alpha value is -2.59. The van der Waals surface area contributed by atoms with Crippen molar-refractivity contribution >= 4 is 11.9 Å². The van der Waals surface area contributed by atoms with E-state index < -0.39 is 12.1 Å². The zero-order valence-electron chi connectivity index (χ0n) is 11.5. The molecule has 0 aliphatic rings. The van der Waals surface area contributed by atoms with Gasteiger partial charge in [-0.1, -0.05) is 0 Å². The van der Waals surface area contributed by atoms with Gasteiger partial charge in [-0.15, -0.1) is 0 Å². The lowest BCUT2D eigenvalue weighted by Crippen LogP contribution is -2.37. The van der Waals surface area contributed by atoms with E-state index in [2.05, 4.69) is 5.32 Å². The molecular weight excluding hydrogens is 276 g/mol. The minimum absolute atomic E-state index is 0.0956. The lowest BCUT2D eigenvalue weighted by Gasteiger charge is -2.14.